The van der Waals surface area contributed by atoms with E-state index in [1.807, 2.05) is 25.7 Å². The van der Waals surface area contributed by atoms with E-state index in [9.17, 15) is 4.79 Å². The van der Waals surface area contributed by atoms with Gasteiger partial charge in [0.25, 0.3) is 0 Å². The Hall–Kier alpha value is -0.770. The largest absolute Gasteiger partial charge is 0.444 e. The van der Waals surface area contributed by atoms with Gasteiger partial charge in [0.05, 0.1) is 0 Å². The van der Waals surface area contributed by atoms with Crippen LogP contribution in [0.2, 0.25) is 0 Å². The average molecular weight is 242 g/mol. The molecule has 17 heavy (non-hydrogen) atoms. The molecule has 0 aromatic heterocycles. The molecule has 100 valence electrons. The summed E-state index contributed by atoms with van der Waals surface area (Å²) >= 11 is 0. The molecule has 4 nitrogen and oxygen atoms in total. The van der Waals surface area contributed by atoms with E-state index in [1.165, 1.54) is 6.42 Å². The Balaban J connectivity index is 2.46. The van der Waals surface area contributed by atoms with Crippen LogP contribution in [-0.2, 0) is 4.74 Å². The van der Waals surface area contributed by atoms with E-state index in [0.717, 1.165) is 26.1 Å². The van der Waals surface area contributed by atoms with Crippen molar-refractivity contribution < 1.29 is 9.53 Å². The molecule has 0 aliphatic carbocycles. The summed E-state index contributed by atoms with van der Waals surface area (Å²) in [6.07, 6.45) is 2.12. The number of nitrogens with zero attached hydrogens (tertiary/aromatic N) is 2. The van der Waals surface area contributed by atoms with Crippen molar-refractivity contribution in [1.82, 2.24) is 9.80 Å². The van der Waals surface area contributed by atoms with Crippen LogP contribution in [0.15, 0.2) is 0 Å². The van der Waals surface area contributed by atoms with Gasteiger partial charge < -0.3 is 14.5 Å². The van der Waals surface area contributed by atoms with Crippen LogP contribution in [0, 0.1) is 5.92 Å². The number of carbonyl (C=O) groups excluding carboxylic acids is 1. The molecule has 0 aromatic carbocycles. The molecule has 1 rings (SSSR count). The fourth-order valence-corrected chi connectivity index (χ4v) is 2.22. The monoisotopic (exact) mass is 242 g/mol. The molecule has 0 bridgehead atoms. The van der Waals surface area contributed by atoms with Crippen LogP contribution in [0.5, 0.6) is 0 Å². The summed E-state index contributed by atoms with van der Waals surface area (Å²) in [5.41, 5.74) is -0.397. The molecule has 1 atom stereocenters. The molecule has 0 N–H and O–H groups in total. The van der Waals surface area contributed by atoms with Gasteiger partial charge in [0.1, 0.15) is 5.60 Å². The highest BCUT2D eigenvalue weighted by Gasteiger charge is 2.27. The Morgan fingerprint density at radius 3 is 2.59 bits per heavy atom. The molecule has 1 saturated heterocycles. The van der Waals surface area contributed by atoms with Gasteiger partial charge in [-0.3, -0.25) is 0 Å². The van der Waals surface area contributed by atoms with Crippen molar-refractivity contribution in [2.24, 2.45) is 5.92 Å². The number of hydrogen-bond donors (Lipinski definition) is 0. The van der Waals surface area contributed by atoms with E-state index in [4.69, 9.17) is 4.74 Å². The van der Waals surface area contributed by atoms with E-state index in [0.29, 0.717) is 5.92 Å². The summed E-state index contributed by atoms with van der Waals surface area (Å²) in [7, 11) is 4.15. The first-order valence-electron chi connectivity index (χ1n) is 6.40. The third-order valence-electron chi connectivity index (χ3n) is 2.79. The van der Waals surface area contributed by atoms with Crippen LogP contribution in [0.25, 0.3) is 0 Å². The van der Waals surface area contributed by atoms with Gasteiger partial charge in [-0.2, -0.15) is 0 Å². The minimum atomic E-state index is -0.397. The molecule has 1 aliphatic rings. The molecule has 0 aromatic rings. The summed E-state index contributed by atoms with van der Waals surface area (Å²) in [6.45, 7) is 8.43. The van der Waals surface area contributed by atoms with Crippen LogP contribution < -0.4 is 0 Å². The van der Waals surface area contributed by atoms with Gasteiger partial charge in [-0.15, -0.1) is 0 Å². The average Bonchev–Trinajstić information content (AvgIpc) is 2.14. The lowest BCUT2D eigenvalue weighted by Gasteiger charge is -2.35. The van der Waals surface area contributed by atoms with Crippen molar-refractivity contribution in [2.45, 2.75) is 39.2 Å². The smallest absolute Gasteiger partial charge is 0.410 e. The van der Waals surface area contributed by atoms with Gasteiger partial charge in [0.15, 0.2) is 0 Å². The lowest BCUT2D eigenvalue weighted by atomic mass is 9.98. The number of hydrogen-bond acceptors (Lipinski definition) is 3. The number of amides is 1. The van der Waals surface area contributed by atoms with E-state index < -0.39 is 5.60 Å². The van der Waals surface area contributed by atoms with Crippen LogP contribution in [0.1, 0.15) is 33.6 Å². The van der Waals surface area contributed by atoms with Gasteiger partial charge in [-0.05, 0) is 53.6 Å². The van der Waals surface area contributed by atoms with Gasteiger partial charge in [0, 0.05) is 19.6 Å². The highest BCUT2D eigenvalue weighted by molar-refractivity contribution is 5.68. The maximum Gasteiger partial charge on any atom is 0.410 e. The summed E-state index contributed by atoms with van der Waals surface area (Å²) < 4.78 is 5.40. The van der Waals surface area contributed by atoms with Crippen molar-refractivity contribution in [3.63, 3.8) is 0 Å². The summed E-state index contributed by atoms with van der Waals surface area (Å²) in [5, 5.41) is 0. The van der Waals surface area contributed by atoms with Gasteiger partial charge in [0.2, 0.25) is 0 Å². The zero-order chi connectivity index (χ0) is 13.1. The van der Waals surface area contributed by atoms with Crippen molar-refractivity contribution in [1.29, 1.82) is 0 Å². The second kappa shape index (κ2) is 5.71. The first kappa shape index (κ1) is 14.3. The lowest BCUT2D eigenvalue weighted by Crippen LogP contribution is -2.44. The highest BCUT2D eigenvalue weighted by Crippen LogP contribution is 2.19. The van der Waals surface area contributed by atoms with Gasteiger partial charge in [-0.25, -0.2) is 4.79 Å². The number of carbonyl (C=O) groups is 1. The van der Waals surface area contributed by atoms with E-state index in [1.54, 1.807) is 0 Å². The van der Waals surface area contributed by atoms with Crippen LogP contribution >= 0.6 is 0 Å². The molecule has 1 fully saturated rings. The zero-order valence-corrected chi connectivity index (χ0v) is 11.8. The lowest BCUT2D eigenvalue weighted by molar-refractivity contribution is 0.0153. The highest BCUT2D eigenvalue weighted by atomic mass is 16.6. The first-order chi connectivity index (χ1) is 7.78. The topological polar surface area (TPSA) is 32.8 Å². The van der Waals surface area contributed by atoms with E-state index in [-0.39, 0.29) is 6.09 Å². The fraction of sp³-hybridized carbons (Fsp3) is 0.923. The maximum absolute atomic E-state index is 11.9. The summed E-state index contributed by atoms with van der Waals surface area (Å²) in [4.78, 5) is 16.0. The second-order valence-electron chi connectivity index (χ2n) is 6.20. The van der Waals surface area contributed by atoms with Crippen LogP contribution in [0.4, 0.5) is 4.79 Å². The zero-order valence-electron chi connectivity index (χ0n) is 11.8. The molecule has 0 spiro atoms. The molecule has 1 amide bonds. The van der Waals surface area contributed by atoms with Crippen LogP contribution in [0.3, 0.4) is 0 Å². The first-order valence-corrected chi connectivity index (χ1v) is 6.40. The van der Waals surface area contributed by atoms with Gasteiger partial charge in [-0.1, -0.05) is 0 Å². The normalized spacial score (nSPS) is 21.8. The van der Waals surface area contributed by atoms with Crippen molar-refractivity contribution >= 4 is 6.09 Å². The Labute approximate surface area is 105 Å². The van der Waals surface area contributed by atoms with Crippen molar-refractivity contribution in [2.75, 3.05) is 33.7 Å². The predicted octanol–water partition coefficient (Wildman–Crippen LogP) is 2.20. The standard InChI is InChI=1S/C13H26N2O2/c1-13(2,3)17-12(16)15-8-6-7-11(10-15)9-14(4)5/h11H,6-10H2,1-5H3/t11-/m0/s1. The predicted molar refractivity (Wildman–Crippen MR) is 69.1 cm³/mol. The number of ether oxygens (including phenoxy) is 1. The number of rotatable bonds is 2. The Kier molecular flexibility index (Phi) is 4.80. The third-order valence-corrected chi connectivity index (χ3v) is 2.79. The molecule has 0 unspecified atom stereocenters. The Bertz CT molecular complexity index is 259. The minimum absolute atomic E-state index is 0.166. The molecule has 0 saturated carbocycles. The SMILES string of the molecule is CN(C)C[C@@H]1CCCN(C(=O)OC(C)(C)C)C1. The summed E-state index contributed by atoms with van der Waals surface area (Å²) in [6, 6.07) is 0. The fourth-order valence-electron chi connectivity index (χ4n) is 2.22. The van der Waals surface area contributed by atoms with Crippen LogP contribution in [-0.4, -0.2) is 55.2 Å². The number of piperidine rings is 1. The second-order valence-corrected chi connectivity index (χ2v) is 6.20. The molecular formula is C13H26N2O2. The quantitative estimate of drug-likeness (QED) is 0.744. The van der Waals surface area contributed by atoms with Crippen molar-refractivity contribution in [3.8, 4) is 0 Å². The third kappa shape index (κ3) is 5.39. The van der Waals surface area contributed by atoms with E-state index in [2.05, 4.69) is 19.0 Å². The Morgan fingerprint density at radius 1 is 1.41 bits per heavy atom. The summed E-state index contributed by atoms with van der Waals surface area (Å²) in [5.74, 6) is 0.575. The minimum Gasteiger partial charge on any atom is -0.444 e. The Morgan fingerprint density at radius 2 is 2.06 bits per heavy atom. The molecule has 1 aliphatic heterocycles. The molecule has 4 heteroatoms. The number of likely N-dealkylation sites (tertiary alicyclic amines) is 1. The molecular weight excluding hydrogens is 216 g/mol. The van der Waals surface area contributed by atoms with Gasteiger partial charge >= 0.3 is 6.09 Å². The maximum atomic E-state index is 11.9. The molecule has 1 heterocycles. The van der Waals surface area contributed by atoms with E-state index >= 15 is 0 Å². The molecule has 0 radical (unpaired) electrons. The van der Waals surface area contributed by atoms with Crippen molar-refractivity contribution in [3.05, 3.63) is 0 Å².